The minimum atomic E-state index is -0.472. The van der Waals surface area contributed by atoms with Crippen LogP contribution in [0.5, 0.6) is 11.5 Å². The van der Waals surface area contributed by atoms with Gasteiger partial charge in [0.1, 0.15) is 11.5 Å². The molecule has 2 aromatic carbocycles. The van der Waals surface area contributed by atoms with E-state index in [1.165, 1.54) is 19.3 Å². The van der Waals surface area contributed by atoms with Gasteiger partial charge in [0.25, 0.3) is 0 Å². The summed E-state index contributed by atoms with van der Waals surface area (Å²) >= 11 is 0. The van der Waals surface area contributed by atoms with Gasteiger partial charge >= 0.3 is 5.97 Å². The molecule has 2 fully saturated rings. The van der Waals surface area contributed by atoms with Crippen LogP contribution in [0.15, 0.2) is 54.6 Å². The van der Waals surface area contributed by atoms with Gasteiger partial charge in [-0.2, -0.15) is 0 Å². The van der Waals surface area contributed by atoms with E-state index in [0.717, 1.165) is 18.1 Å². The number of hydrogen-bond donors (Lipinski definition) is 0. The van der Waals surface area contributed by atoms with Crippen LogP contribution >= 0.6 is 0 Å². The van der Waals surface area contributed by atoms with Crippen molar-refractivity contribution in [3.63, 3.8) is 0 Å². The molecular weight excluding hydrogens is 352 g/mol. The number of fused-ring (bicyclic) bond motifs is 2. The van der Waals surface area contributed by atoms with Crippen LogP contribution < -0.4 is 4.74 Å². The normalized spacial score (nSPS) is 24.0. The first-order chi connectivity index (χ1) is 13.6. The molecule has 146 valence electrons. The molecule has 4 rings (SSSR count). The summed E-state index contributed by atoms with van der Waals surface area (Å²) < 4.78 is 11.0. The van der Waals surface area contributed by atoms with E-state index >= 15 is 0 Å². The average Bonchev–Trinajstić information content (AvgIpc) is 3.36. The number of ketones is 1. The predicted octanol–water partition coefficient (Wildman–Crippen LogP) is 5.28. The van der Waals surface area contributed by atoms with Crippen molar-refractivity contribution in [2.24, 2.45) is 23.7 Å². The second-order valence-corrected chi connectivity index (χ2v) is 8.11. The van der Waals surface area contributed by atoms with Gasteiger partial charge in [-0.15, -0.1) is 0 Å². The Kier molecular flexibility index (Phi) is 5.47. The number of ether oxygens (including phenoxy) is 2. The summed E-state index contributed by atoms with van der Waals surface area (Å²) in [6.07, 6.45) is 5.01. The summed E-state index contributed by atoms with van der Waals surface area (Å²) in [5, 5.41) is 0. The highest BCUT2D eigenvalue weighted by molar-refractivity contribution is 5.92. The first-order valence-electron chi connectivity index (χ1n) is 10.1. The average molecular weight is 378 g/mol. The summed E-state index contributed by atoms with van der Waals surface area (Å²) in [6, 6.07) is 16.2. The monoisotopic (exact) mass is 378 g/mol. The first-order valence-corrected chi connectivity index (χ1v) is 10.1. The van der Waals surface area contributed by atoms with Crippen molar-refractivity contribution in [1.29, 1.82) is 0 Å². The predicted molar refractivity (Wildman–Crippen MR) is 106 cm³/mol. The lowest BCUT2D eigenvalue weighted by molar-refractivity contribution is -0.127. The number of Topliss-reactive ketones (excluding diaryl/α,β-unsaturated/α-hetero) is 1. The topological polar surface area (TPSA) is 52.6 Å². The van der Waals surface area contributed by atoms with E-state index in [1.54, 1.807) is 24.3 Å². The Balaban J connectivity index is 1.28. The van der Waals surface area contributed by atoms with Crippen molar-refractivity contribution in [3.05, 3.63) is 60.2 Å². The number of rotatable bonds is 7. The van der Waals surface area contributed by atoms with Gasteiger partial charge in [0, 0.05) is 5.92 Å². The van der Waals surface area contributed by atoms with Crippen molar-refractivity contribution in [1.82, 2.24) is 0 Å². The maximum absolute atomic E-state index is 12.5. The largest absolute Gasteiger partial charge is 0.457 e. The van der Waals surface area contributed by atoms with Crippen molar-refractivity contribution in [2.45, 2.75) is 32.6 Å². The van der Waals surface area contributed by atoms with Gasteiger partial charge in [0.2, 0.25) is 0 Å². The van der Waals surface area contributed by atoms with Crippen LogP contribution in [-0.2, 0) is 9.53 Å². The molecule has 0 spiro atoms. The second-order valence-electron chi connectivity index (χ2n) is 8.11. The highest BCUT2D eigenvalue weighted by atomic mass is 16.5. The fraction of sp³-hybridized carbons (Fsp3) is 0.417. The highest BCUT2D eigenvalue weighted by Gasteiger charge is 2.43. The van der Waals surface area contributed by atoms with Crippen LogP contribution in [0.2, 0.25) is 0 Å². The minimum absolute atomic E-state index is 0.0234. The zero-order valence-electron chi connectivity index (χ0n) is 16.2. The first kappa shape index (κ1) is 18.7. The standard InChI is InChI=1S/C24H26O4/c1-16(22-14-17-7-8-19(22)13-17)23(25)15-27-24(26)18-9-11-21(12-10-18)28-20-5-3-2-4-6-20/h2-6,9-12,16-17,19,22H,7-8,13-15H2,1H3/t16-,17+,19+,22-/m1/s1. The molecule has 0 unspecified atom stereocenters. The fourth-order valence-electron chi connectivity index (χ4n) is 4.78. The minimum Gasteiger partial charge on any atom is -0.457 e. The van der Waals surface area contributed by atoms with Gasteiger partial charge in [-0.1, -0.05) is 31.5 Å². The molecule has 2 aromatic rings. The van der Waals surface area contributed by atoms with Crippen LogP contribution in [0.4, 0.5) is 0 Å². The number of carbonyl (C=O) groups is 2. The lowest BCUT2D eigenvalue weighted by Gasteiger charge is -2.26. The molecule has 0 heterocycles. The summed E-state index contributed by atoms with van der Waals surface area (Å²) in [6.45, 7) is 1.85. The molecule has 2 saturated carbocycles. The van der Waals surface area contributed by atoms with Crippen LogP contribution in [0.25, 0.3) is 0 Å². The molecule has 2 bridgehead atoms. The van der Waals surface area contributed by atoms with E-state index in [0.29, 0.717) is 23.1 Å². The van der Waals surface area contributed by atoms with E-state index in [-0.39, 0.29) is 18.3 Å². The Morgan fingerprint density at radius 3 is 2.32 bits per heavy atom. The van der Waals surface area contributed by atoms with E-state index in [9.17, 15) is 9.59 Å². The van der Waals surface area contributed by atoms with Crippen LogP contribution in [0.3, 0.4) is 0 Å². The SMILES string of the molecule is C[C@@H](C(=O)COC(=O)c1ccc(Oc2ccccc2)cc1)[C@H]1C[C@H]2CC[C@H]1C2. The number of hydrogen-bond acceptors (Lipinski definition) is 4. The van der Waals surface area contributed by atoms with E-state index < -0.39 is 5.97 Å². The zero-order chi connectivity index (χ0) is 19.5. The van der Waals surface area contributed by atoms with Crippen molar-refractivity contribution >= 4 is 11.8 Å². The van der Waals surface area contributed by atoms with Gasteiger partial charge in [-0.25, -0.2) is 4.79 Å². The third kappa shape index (κ3) is 4.11. The smallest absolute Gasteiger partial charge is 0.338 e. The molecule has 4 atom stereocenters. The summed E-state index contributed by atoms with van der Waals surface area (Å²) in [4.78, 5) is 24.8. The van der Waals surface area contributed by atoms with Crippen LogP contribution in [-0.4, -0.2) is 18.4 Å². The maximum Gasteiger partial charge on any atom is 0.338 e. The molecule has 4 heteroatoms. The van der Waals surface area contributed by atoms with Crippen molar-refractivity contribution in [3.8, 4) is 11.5 Å². The molecule has 0 amide bonds. The van der Waals surface area contributed by atoms with Gasteiger partial charge in [-0.3, -0.25) is 4.79 Å². The highest BCUT2D eigenvalue weighted by Crippen LogP contribution is 2.51. The molecule has 0 saturated heterocycles. The number of para-hydroxylation sites is 1. The Labute approximate surface area is 165 Å². The van der Waals surface area contributed by atoms with Crippen LogP contribution in [0, 0.1) is 23.7 Å². The second kappa shape index (κ2) is 8.17. The van der Waals surface area contributed by atoms with E-state index in [2.05, 4.69) is 0 Å². The molecule has 2 aliphatic carbocycles. The summed E-state index contributed by atoms with van der Waals surface area (Å²) in [5.74, 6) is 2.89. The Bertz CT molecular complexity index is 827. The maximum atomic E-state index is 12.5. The van der Waals surface area contributed by atoms with Gasteiger partial charge < -0.3 is 9.47 Å². The lowest BCUT2D eigenvalue weighted by Crippen LogP contribution is -2.29. The van der Waals surface area contributed by atoms with E-state index in [4.69, 9.17) is 9.47 Å². The van der Waals surface area contributed by atoms with Gasteiger partial charge in [0.05, 0.1) is 5.56 Å². The number of esters is 1. The molecule has 0 radical (unpaired) electrons. The van der Waals surface area contributed by atoms with Crippen LogP contribution in [0.1, 0.15) is 43.0 Å². The third-order valence-corrected chi connectivity index (χ3v) is 6.36. The molecule has 2 aliphatic rings. The molecule has 0 N–H and O–H groups in total. The number of carbonyl (C=O) groups excluding carboxylic acids is 2. The van der Waals surface area contributed by atoms with Crippen molar-refractivity contribution in [2.75, 3.05) is 6.61 Å². The Hall–Kier alpha value is -2.62. The molecule has 28 heavy (non-hydrogen) atoms. The zero-order valence-corrected chi connectivity index (χ0v) is 16.2. The van der Waals surface area contributed by atoms with E-state index in [1.807, 2.05) is 37.3 Å². The molecule has 4 nitrogen and oxygen atoms in total. The molecule has 0 aliphatic heterocycles. The Morgan fingerprint density at radius 1 is 0.964 bits per heavy atom. The van der Waals surface area contributed by atoms with Crippen molar-refractivity contribution < 1.29 is 19.1 Å². The summed E-state index contributed by atoms with van der Waals surface area (Å²) in [7, 11) is 0. The quantitative estimate of drug-likeness (QED) is 0.615. The number of benzene rings is 2. The fourth-order valence-corrected chi connectivity index (χ4v) is 4.78. The molecular formula is C24H26O4. The molecule has 0 aromatic heterocycles. The lowest BCUT2D eigenvalue weighted by atomic mass is 9.78. The summed E-state index contributed by atoms with van der Waals surface area (Å²) in [5.41, 5.74) is 0.417. The van der Waals surface area contributed by atoms with Gasteiger partial charge in [0.15, 0.2) is 12.4 Å². The third-order valence-electron chi connectivity index (χ3n) is 6.36. The van der Waals surface area contributed by atoms with Gasteiger partial charge in [-0.05, 0) is 73.4 Å². The Morgan fingerprint density at radius 2 is 1.68 bits per heavy atom.